The van der Waals surface area contributed by atoms with E-state index in [2.05, 4.69) is 11.2 Å². The second kappa shape index (κ2) is 6.51. The molecule has 1 aromatic carbocycles. The fraction of sp³-hybridized carbons (Fsp3) is 0.312. The first kappa shape index (κ1) is 15.2. The van der Waals surface area contributed by atoms with Gasteiger partial charge in [-0.25, -0.2) is 0 Å². The molecule has 1 heterocycles. The molecule has 0 fully saturated rings. The number of carbonyl (C=O) groups excluding carboxylic acids is 1. The molecule has 2 aromatic rings. The van der Waals surface area contributed by atoms with E-state index in [9.17, 15) is 4.79 Å². The highest BCUT2D eigenvalue weighted by molar-refractivity contribution is 7.21. The normalized spacial score (nSPS) is 11.9. The van der Waals surface area contributed by atoms with Crippen LogP contribution in [0.4, 0.5) is 5.69 Å². The van der Waals surface area contributed by atoms with Gasteiger partial charge in [-0.2, -0.15) is 0 Å². The van der Waals surface area contributed by atoms with Gasteiger partial charge in [-0.1, -0.05) is 19.3 Å². The topological polar surface area (TPSA) is 64.3 Å². The van der Waals surface area contributed by atoms with Crippen LogP contribution >= 0.6 is 11.3 Å². The number of carbonyl (C=O) groups is 1. The van der Waals surface area contributed by atoms with Gasteiger partial charge in [0.25, 0.3) is 5.91 Å². The molecule has 0 aliphatic carbocycles. The highest BCUT2D eigenvalue weighted by atomic mass is 32.1. The summed E-state index contributed by atoms with van der Waals surface area (Å²) in [5.41, 5.74) is 6.57. The first-order chi connectivity index (χ1) is 10.1. The van der Waals surface area contributed by atoms with Crippen molar-refractivity contribution >= 4 is 33.0 Å². The number of terminal acetylenes is 1. The fourth-order valence-electron chi connectivity index (χ4n) is 2.10. The Morgan fingerprint density at radius 2 is 2.33 bits per heavy atom. The van der Waals surface area contributed by atoms with Gasteiger partial charge in [-0.15, -0.1) is 17.8 Å². The smallest absolute Gasteiger partial charge is 0.264 e. The Bertz CT molecular complexity index is 700. The Labute approximate surface area is 128 Å². The van der Waals surface area contributed by atoms with Crippen molar-refractivity contribution in [2.24, 2.45) is 0 Å². The Kier molecular flexibility index (Phi) is 4.71. The number of nitrogen functional groups attached to an aromatic ring is 1. The highest BCUT2D eigenvalue weighted by Gasteiger charge is 2.18. The van der Waals surface area contributed by atoms with Gasteiger partial charge in [-0.05, 0) is 24.6 Å². The molecule has 0 spiro atoms. The number of methoxy groups -OCH3 is 1. The minimum absolute atomic E-state index is 0.218. The molecule has 2 rings (SSSR count). The summed E-state index contributed by atoms with van der Waals surface area (Å²) in [6.45, 7) is 2.02. The van der Waals surface area contributed by atoms with Crippen LogP contribution in [0.2, 0.25) is 0 Å². The maximum absolute atomic E-state index is 12.3. The van der Waals surface area contributed by atoms with Crippen molar-refractivity contribution in [1.82, 2.24) is 5.32 Å². The largest absolute Gasteiger partial charge is 0.497 e. The van der Waals surface area contributed by atoms with Gasteiger partial charge in [-0.3, -0.25) is 4.79 Å². The molecule has 21 heavy (non-hydrogen) atoms. The predicted octanol–water partition coefficient (Wildman–Crippen LogP) is 3.02. The van der Waals surface area contributed by atoms with Gasteiger partial charge >= 0.3 is 0 Å². The third kappa shape index (κ3) is 3.11. The number of thiophene rings is 1. The van der Waals surface area contributed by atoms with Gasteiger partial charge in [0, 0.05) is 10.1 Å². The summed E-state index contributed by atoms with van der Waals surface area (Å²) >= 11 is 1.35. The van der Waals surface area contributed by atoms with E-state index in [1.54, 1.807) is 7.11 Å². The molecule has 5 heteroatoms. The molecule has 1 atom stereocenters. The Hall–Kier alpha value is -2.19. The number of hydrogen-bond acceptors (Lipinski definition) is 4. The maximum Gasteiger partial charge on any atom is 0.264 e. The van der Waals surface area contributed by atoms with E-state index in [0.717, 1.165) is 28.7 Å². The number of hydrogen-bond donors (Lipinski definition) is 2. The Morgan fingerprint density at radius 1 is 1.57 bits per heavy atom. The molecule has 1 aromatic heterocycles. The fourth-order valence-corrected chi connectivity index (χ4v) is 3.16. The lowest BCUT2D eigenvalue weighted by Gasteiger charge is -2.11. The zero-order valence-corrected chi connectivity index (χ0v) is 12.9. The van der Waals surface area contributed by atoms with Crippen LogP contribution in [0.15, 0.2) is 18.2 Å². The Balaban J connectivity index is 2.31. The SMILES string of the molecule is C#CC(CCC)NC(=O)c1sc2cc(OC)ccc2c1N. The molecule has 0 saturated carbocycles. The number of benzene rings is 1. The molecule has 1 unspecified atom stereocenters. The third-order valence-electron chi connectivity index (χ3n) is 3.23. The summed E-state index contributed by atoms with van der Waals surface area (Å²) in [7, 11) is 1.61. The second-order valence-electron chi connectivity index (χ2n) is 4.69. The average Bonchev–Trinajstić information content (AvgIpc) is 2.83. The summed E-state index contributed by atoms with van der Waals surface area (Å²) in [6.07, 6.45) is 7.09. The summed E-state index contributed by atoms with van der Waals surface area (Å²) in [4.78, 5) is 12.8. The van der Waals surface area contributed by atoms with Crippen LogP contribution in [0.1, 0.15) is 29.4 Å². The monoisotopic (exact) mass is 302 g/mol. The summed E-state index contributed by atoms with van der Waals surface area (Å²) in [5.74, 6) is 3.11. The van der Waals surface area contributed by atoms with Gasteiger partial charge < -0.3 is 15.8 Å². The van der Waals surface area contributed by atoms with Gasteiger partial charge in [0.1, 0.15) is 10.6 Å². The second-order valence-corrected chi connectivity index (χ2v) is 5.74. The minimum atomic E-state index is -0.262. The first-order valence-corrected chi connectivity index (χ1v) is 7.55. The van der Waals surface area contributed by atoms with E-state index in [0.29, 0.717) is 10.6 Å². The zero-order valence-electron chi connectivity index (χ0n) is 12.1. The quantitative estimate of drug-likeness (QED) is 0.834. The van der Waals surface area contributed by atoms with Crippen molar-refractivity contribution in [3.05, 3.63) is 23.1 Å². The lowest BCUT2D eigenvalue weighted by atomic mass is 10.1. The van der Waals surface area contributed by atoms with Crippen molar-refractivity contribution in [3.63, 3.8) is 0 Å². The van der Waals surface area contributed by atoms with Crippen LogP contribution in [0.25, 0.3) is 10.1 Å². The molecule has 0 aliphatic heterocycles. The van der Waals surface area contributed by atoms with Crippen LogP contribution in [0, 0.1) is 12.3 Å². The number of nitrogens with two attached hydrogens (primary N) is 1. The van der Waals surface area contributed by atoms with Crippen LogP contribution in [0.5, 0.6) is 5.75 Å². The third-order valence-corrected chi connectivity index (χ3v) is 4.39. The number of rotatable bonds is 5. The molecule has 3 N–H and O–H groups in total. The van der Waals surface area contributed by atoms with Gasteiger partial charge in [0.2, 0.25) is 0 Å². The van der Waals surface area contributed by atoms with Crippen LogP contribution < -0.4 is 15.8 Å². The summed E-state index contributed by atoms with van der Waals surface area (Å²) < 4.78 is 6.11. The molecule has 0 bridgehead atoms. The molecule has 0 aliphatic rings. The average molecular weight is 302 g/mol. The van der Waals surface area contributed by atoms with E-state index in [-0.39, 0.29) is 11.9 Å². The number of nitrogens with one attached hydrogen (secondary N) is 1. The van der Waals surface area contributed by atoms with Crippen LogP contribution in [-0.2, 0) is 0 Å². The number of fused-ring (bicyclic) bond motifs is 1. The Morgan fingerprint density at radius 3 is 2.95 bits per heavy atom. The molecule has 0 saturated heterocycles. The predicted molar refractivity (Wildman–Crippen MR) is 87.8 cm³/mol. The summed E-state index contributed by atoms with van der Waals surface area (Å²) in [5, 5.41) is 3.70. The summed E-state index contributed by atoms with van der Waals surface area (Å²) in [6, 6.07) is 5.30. The van der Waals surface area contributed by atoms with Crippen molar-refractivity contribution in [3.8, 4) is 18.1 Å². The van der Waals surface area contributed by atoms with Gasteiger partial charge in [0.15, 0.2) is 0 Å². The van der Waals surface area contributed by atoms with Gasteiger partial charge in [0.05, 0.1) is 18.8 Å². The van der Waals surface area contributed by atoms with E-state index >= 15 is 0 Å². The standard InChI is InChI=1S/C16H18N2O2S/c1-4-6-10(5-2)18-16(19)15-14(17)12-8-7-11(20-3)9-13(12)21-15/h2,7-10H,4,6,17H2,1,3H3,(H,18,19). The molecule has 0 radical (unpaired) electrons. The van der Waals surface area contributed by atoms with Crippen molar-refractivity contribution in [1.29, 1.82) is 0 Å². The number of amides is 1. The van der Waals surface area contributed by atoms with Crippen molar-refractivity contribution in [2.75, 3.05) is 12.8 Å². The maximum atomic E-state index is 12.3. The molecule has 4 nitrogen and oxygen atoms in total. The minimum Gasteiger partial charge on any atom is -0.497 e. The molecular formula is C16H18N2O2S. The van der Waals surface area contributed by atoms with E-state index in [4.69, 9.17) is 16.9 Å². The lowest BCUT2D eigenvalue weighted by Crippen LogP contribution is -2.33. The van der Waals surface area contributed by atoms with E-state index in [1.165, 1.54) is 11.3 Å². The lowest BCUT2D eigenvalue weighted by molar-refractivity contribution is 0.0949. The first-order valence-electron chi connectivity index (χ1n) is 6.73. The molecule has 1 amide bonds. The number of anilines is 1. The zero-order chi connectivity index (χ0) is 15.4. The molecule has 110 valence electrons. The van der Waals surface area contributed by atoms with Crippen LogP contribution in [0.3, 0.4) is 0 Å². The van der Waals surface area contributed by atoms with Crippen LogP contribution in [-0.4, -0.2) is 19.1 Å². The molecular weight excluding hydrogens is 284 g/mol. The van der Waals surface area contributed by atoms with E-state index in [1.807, 2.05) is 25.1 Å². The van der Waals surface area contributed by atoms with Crippen molar-refractivity contribution in [2.45, 2.75) is 25.8 Å². The number of ether oxygens (including phenoxy) is 1. The van der Waals surface area contributed by atoms with Crippen molar-refractivity contribution < 1.29 is 9.53 Å². The van der Waals surface area contributed by atoms with E-state index < -0.39 is 0 Å². The highest BCUT2D eigenvalue weighted by Crippen LogP contribution is 2.35.